The molecule has 0 radical (unpaired) electrons. The van der Waals surface area contributed by atoms with E-state index in [0.717, 1.165) is 37.3 Å². The van der Waals surface area contributed by atoms with Crippen molar-refractivity contribution in [1.82, 2.24) is 5.32 Å². The predicted octanol–water partition coefficient (Wildman–Crippen LogP) is 2.46. The fourth-order valence-electron chi connectivity index (χ4n) is 2.26. The zero-order valence-electron chi connectivity index (χ0n) is 11.2. The minimum Gasteiger partial charge on any atom is -0.378 e. The Labute approximate surface area is 123 Å². The second kappa shape index (κ2) is 5.89. The van der Waals surface area contributed by atoms with Crippen molar-refractivity contribution in [2.75, 3.05) is 36.5 Å². The fraction of sp³-hybridized carbons (Fsp3) is 0.500. The molecule has 3 rings (SSSR count). The van der Waals surface area contributed by atoms with Crippen molar-refractivity contribution < 1.29 is 9.53 Å². The first-order chi connectivity index (χ1) is 9.72. The molecule has 5 nitrogen and oxygen atoms in total. The van der Waals surface area contributed by atoms with Gasteiger partial charge in [0.05, 0.1) is 24.6 Å². The van der Waals surface area contributed by atoms with E-state index in [-0.39, 0.29) is 6.03 Å². The van der Waals surface area contributed by atoms with Gasteiger partial charge in [0.1, 0.15) is 0 Å². The normalized spacial score (nSPS) is 18.8. The maximum atomic E-state index is 11.9. The standard InChI is InChI=1S/C14H18ClN3O2/c15-10-1-4-13(18-5-7-20-8-6-18)12(9-10)17-14(19)16-11-2-3-11/h1,4,9,11H,2-3,5-8H2,(H2,16,17,19). The molecular formula is C14H18ClN3O2. The van der Waals surface area contributed by atoms with Crippen LogP contribution in [0.5, 0.6) is 0 Å². The van der Waals surface area contributed by atoms with E-state index >= 15 is 0 Å². The Bertz CT molecular complexity index is 499. The number of amides is 2. The van der Waals surface area contributed by atoms with E-state index in [2.05, 4.69) is 15.5 Å². The highest BCUT2D eigenvalue weighted by molar-refractivity contribution is 6.31. The second-order valence-electron chi connectivity index (χ2n) is 5.13. The van der Waals surface area contributed by atoms with Gasteiger partial charge in [-0.1, -0.05) is 11.6 Å². The number of carbonyl (C=O) groups excluding carboxylic acids is 1. The van der Waals surface area contributed by atoms with Crippen molar-refractivity contribution in [3.05, 3.63) is 23.2 Å². The zero-order valence-corrected chi connectivity index (χ0v) is 11.9. The minimum atomic E-state index is -0.163. The molecule has 20 heavy (non-hydrogen) atoms. The molecule has 1 aliphatic heterocycles. The highest BCUT2D eigenvalue weighted by atomic mass is 35.5. The first-order valence-corrected chi connectivity index (χ1v) is 7.30. The van der Waals surface area contributed by atoms with Crippen LogP contribution in [-0.2, 0) is 4.74 Å². The van der Waals surface area contributed by atoms with Crippen LogP contribution in [0.3, 0.4) is 0 Å². The van der Waals surface area contributed by atoms with Gasteiger partial charge in [-0.3, -0.25) is 0 Å². The van der Waals surface area contributed by atoms with Crippen LogP contribution >= 0.6 is 11.6 Å². The van der Waals surface area contributed by atoms with Gasteiger partial charge in [-0.05, 0) is 31.0 Å². The lowest BCUT2D eigenvalue weighted by Crippen LogP contribution is -2.37. The fourth-order valence-corrected chi connectivity index (χ4v) is 2.43. The molecule has 1 aliphatic carbocycles. The van der Waals surface area contributed by atoms with Gasteiger partial charge in [-0.25, -0.2) is 4.79 Å². The van der Waals surface area contributed by atoms with Gasteiger partial charge in [-0.15, -0.1) is 0 Å². The van der Waals surface area contributed by atoms with Gasteiger partial charge >= 0.3 is 6.03 Å². The van der Waals surface area contributed by atoms with E-state index < -0.39 is 0 Å². The topological polar surface area (TPSA) is 53.6 Å². The molecule has 108 valence electrons. The second-order valence-corrected chi connectivity index (χ2v) is 5.57. The number of morpholine rings is 1. The highest BCUT2D eigenvalue weighted by Crippen LogP contribution is 2.30. The van der Waals surface area contributed by atoms with E-state index in [0.29, 0.717) is 24.3 Å². The van der Waals surface area contributed by atoms with Crippen LogP contribution in [0.25, 0.3) is 0 Å². The Balaban J connectivity index is 1.75. The number of hydrogen-bond acceptors (Lipinski definition) is 3. The third kappa shape index (κ3) is 3.35. The van der Waals surface area contributed by atoms with Crippen LogP contribution in [0, 0.1) is 0 Å². The summed E-state index contributed by atoms with van der Waals surface area (Å²) in [6.45, 7) is 3.05. The van der Waals surface area contributed by atoms with Gasteiger partial charge < -0.3 is 20.3 Å². The van der Waals surface area contributed by atoms with E-state index in [4.69, 9.17) is 16.3 Å². The van der Waals surface area contributed by atoms with Crippen molar-refractivity contribution in [2.45, 2.75) is 18.9 Å². The minimum absolute atomic E-state index is 0.163. The first-order valence-electron chi connectivity index (χ1n) is 6.92. The molecular weight excluding hydrogens is 278 g/mol. The van der Waals surface area contributed by atoms with Gasteiger partial charge in [-0.2, -0.15) is 0 Å². The molecule has 2 amide bonds. The molecule has 1 saturated heterocycles. The summed E-state index contributed by atoms with van der Waals surface area (Å²) in [7, 11) is 0. The largest absolute Gasteiger partial charge is 0.378 e. The summed E-state index contributed by atoms with van der Waals surface area (Å²) in [5.74, 6) is 0. The third-order valence-electron chi connectivity index (χ3n) is 3.47. The number of urea groups is 1. The van der Waals surface area contributed by atoms with Crippen molar-refractivity contribution in [3.63, 3.8) is 0 Å². The smallest absolute Gasteiger partial charge is 0.319 e. The monoisotopic (exact) mass is 295 g/mol. The number of ether oxygens (including phenoxy) is 1. The lowest BCUT2D eigenvalue weighted by atomic mass is 10.2. The van der Waals surface area contributed by atoms with Crippen molar-refractivity contribution in [3.8, 4) is 0 Å². The number of nitrogens with one attached hydrogen (secondary N) is 2. The quantitative estimate of drug-likeness (QED) is 0.901. The van der Waals surface area contributed by atoms with Crippen molar-refractivity contribution in [2.24, 2.45) is 0 Å². The third-order valence-corrected chi connectivity index (χ3v) is 3.71. The summed E-state index contributed by atoms with van der Waals surface area (Å²) in [5, 5.41) is 6.43. The summed E-state index contributed by atoms with van der Waals surface area (Å²) in [6, 6.07) is 5.75. The number of anilines is 2. The summed E-state index contributed by atoms with van der Waals surface area (Å²) in [4.78, 5) is 14.1. The van der Waals surface area contributed by atoms with Gasteiger partial charge in [0.2, 0.25) is 0 Å². The summed E-state index contributed by atoms with van der Waals surface area (Å²) in [5.41, 5.74) is 1.74. The first kappa shape index (κ1) is 13.5. The summed E-state index contributed by atoms with van der Waals surface area (Å²) >= 11 is 6.04. The molecule has 1 heterocycles. The Morgan fingerprint density at radius 2 is 2.05 bits per heavy atom. The van der Waals surface area contributed by atoms with E-state index in [1.807, 2.05) is 12.1 Å². The van der Waals surface area contributed by atoms with Crippen LogP contribution < -0.4 is 15.5 Å². The van der Waals surface area contributed by atoms with E-state index in [9.17, 15) is 4.79 Å². The van der Waals surface area contributed by atoms with Crippen LogP contribution in [0.1, 0.15) is 12.8 Å². The Kier molecular flexibility index (Phi) is 3.98. The number of rotatable bonds is 3. The lowest BCUT2D eigenvalue weighted by Gasteiger charge is -2.30. The average Bonchev–Trinajstić information content (AvgIpc) is 3.23. The number of benzene rings is 1. The molecule has 1 aromatic carbocycles. The average molecular weight is 296 g/mol. The number of hydrogen-bond donors (Lipinski definition) is 2. The molecule has 2 N–H and O–H groups in total. The van der Waals surface area contributed by atoms with Gasteiger partial charge in [0.15, 0.2) is 0 Å². The lowest BCUT2D eigenvalue weighted by molar-refractivity contribution is 0.123. The van der Waals surface area contributed by atoms with Crippen LogP contribution in [0.15, 0.2) is 18.2 Å². The summed E-state index contributed by atoms with van der Waals surface area (Å²) < 4.78 is 5.36. The van der Waals surface area contributed by atoms with Crippen LogP contribution in [0.4, 0.5) is 16.2 Å². The predicted molar refractivity (Wildman–Crippen MR) is 79.7 cm³/mol. The molecule has 6 heteroatoms. The molecule has 0 bridgehead atoms. The summed E-state index contributed by atoms with van der Waals surface area (Å²) in [6.07, 6.45) is 2.14. The van der Waals surface area contributed by atoms with Gasteiger partial charge in [0, 0.05) is 24.2 Å². The Hall–Kier alpha value is -1.46. The highest BCUT2D eigenvalue weighted by Gasteiger charge is 2.24. The van der Waals surface area contributed by atoms with Gasteiger partial charge in [0.25, 0.3) is 0 Å². The Morgan fingerprint density at radius 3 is 2.75 bits per heavy atom. The van der Waals surface area contributed by atoms with Crippen molar-refractivity contribution in [1.29, 1.82) is 0 Å². The SMILES string of the molecule is O=C(Nc1cc(Cl)ccc1N1CCOCC1)NC1CC1. The number of halogens is 1. The molecule has 2 aliphatic rings. The van der Waals surface area contributed by atoms with Crippen LogP contribution in [0.2, 0.25) is 5.02 Å². The molecule has 1 aromatic rings. The number of nitrogens with zero attached hydrogens (tertiary/aromatic N) is 1. The zero-order chi connectivity index (χ0) is 13.9. The maximum absolute atomic E-state index is 11.9. The van der Waals surface area contributed by atoms with Crippen molar-refractivity contribution >= 4 is 29.0 Å². The van der Waals surface area contributed by atoms with E-state index in [1.165, 1.54) is 0 Å². The number of carbonyl (C=O) groups is 1. The molecule has 0 spiro atoms. The van der Waals surface area contributed by atoms with E-state index in [1.54, 1.807) is 6.07 Å². The molecule has 1 saturated carbocycles. The molecule has 0 aromatic heterocycles. The molecule has 2 fully saturated rings. The maximum Gasteiger partial charge on any atom is 0.319 e. The van der Waals surface area contributed by atoms with Crippen LogP contribution in [-0.4, -0.2) is 38.4 Å². The molecule has 0 unspecified atom stereocenters. The molecule has 0 atom stereocenters. The Morgan fingerprint density at radius 1 is 1.30 bits per heavy atom.